The van der Waals surface area contributed by atoms with Gasteiger partial charge in [-0.2, -0.15) is 0 Å². The number of amides is 1. The summed E-state index contributed by atoms with van der Waals surface area (Å²) in [6.45, 7) is 1.59. The second-order valence-corrected chi connectivity index (χ2v) is 7.19. The molecule has 0 unspecified atom stereocenters. The summed E-state index contributed by atoms with van der Waals surface area (Å²) in [4.78, 5) is 11.6. The van der Waals surface area contributed by atoms with Gasteiger partial charge >= 0.3 is 6.09 Å². The zero-order valence-electron chi connectivity index (χ0n) is 12.9. The fourth-order valence-corrected chi connectivity index (χ4v) is 2.03. The molecule has 0 radical (unpaired) electrons. The highest BCUT2D eigenvalue weighted by atomic mass is 32.2. The van der Waals surface area contributed by atoms with E-state index in [4.69, 9.17) is 4.74 Å². The van der Waals surface area contributed by atoms with Crippen molar-refractivity contribution < 1.29 is 23.1 Å². The number of alkyl carbamates (subject to hydrolysis) is 1. The largest absolute Gasteiger partial charge is 0.445 e. The van der Waals surface area contributed by atoms with Crippen molar-refractivity contribution in [1.82, 2.24) is 9.62 Å². The van der Waals surface area contributed by atoms with E-state index >= 15 is 0 Å². The number of aliphatic hydroxyl groups is 1. The first-order valence-electron chi connectivity index (χ1n) is 6.76. The van der Waals surface area contributed by atoms with E-state index in [0.29, 0.717) is 0 Å². The van der Waals surface area contributed by atoms with Crippen LogP contribution in [0, 0.1) is 0 Å². The number of carbonyl (C=O) groups excluding carboxylic acids is 1. The summed E-state index contributed by atoms with van der Waals surface area (Å²) in [6, 6.07) is 8.54. The Morgan fingerprint density at radius 2 is 1.95 bits per heavy atom. The van der Waals surface area contributed by atoms with E-state index < -0.39 is 28.3 Å². The van der Waals surface area contributed by atoms with Crippen LogP contribution in [-0.2, 0) is 21.4 Å². The smallest absolute Gasteiger partial charge is 0.407 e. The Morgan fingerprint density at radius 3 is 2.50 bits per heavy atom. The summed E-state index contributed by atoms with van der Waals surface area (Å²) < 4.78 is 28.6. The van der Waals surface area contributed by atoms with Gasteiger partial charge < -0.3 is 15.2 Å². The first-order valence-corrected chi connectivity index (χ1v) is 8.61. The van der Waals surface area contributed by atoms with Crippen molar-refractivity contribution in [3.05, 3.63) is 35.9 Å². The zero-order valence-corrected chi connectivity index (χ0v) is 13.7. The average molecular weight is 330 g/mol. The normalized spacial score (nSPS) is 14.4. The Morgan fingerprint density at radius 1 is 1.36 bits per heavy atom. The van der Waals surface area contributed by atoms with Crippen molar-refractivity contribution >= 4 is 16.1 Å². The summed E-state index contributed by atoms with van der Waals surface area (Å²) >= 11 is 0. The van der Waals surface area contributed by atoms with Crippen molar-refractivity contribution in [3.63, 3.8) is 0 Å². The Kier molecular flexibility index (Phi) is 6.79. The second kappa shape index (κ2) is 8.11. The van der Waals surface area contributed by atoms with Crippen LogP contribution in [0.5, 0.6) is 0 Å². The minimum absolute atomic E-state index is 0.112. The highest BCUT2D eigenvalue weighted by Crippen LogP contribution is 2.03. The number of likely N-dealkylation sites (N-methyl/N-ethyl adjacent to an activating group) is 1. The highest BCUT2D eigenvalue weighted by molar-refractivity contribution is 7.88. The lowest BCUT2D eigenvalue weighted by molar-refractivity contribution is 0.0974. The predicted octanol–water partition coefficient (Wildman–Crippen LogP) is 0.554. The molecule has 0 aliphatic heterocycles. The molecule has 0 aliphatic rings. The lowest BCUT2D eigenvalue weighted by Crippen LogP contribution is -2.47. The van der Waals surface area contributed by atoms with Crippen LogP contribution in [0.4, 0.5) is 4.79 Å². The zero-order chi connectivity index (χ0) is 16.8. The molecule has 1 amide bonds. The molecule has 2 atom stereocenters. The number of nitrogens with zero attached hydrogens (tertiary/aromatic N) is 1. The van der Waals surface area contributed by atoms with Crippen LogP contribution in [0.15, 0.2) is 30.3 Å². The van der Waals surface area contributed by atoms with Gasteiger partial charge in [0.2, 0.25) is 10.0 Å². The van der Waals surface area contributed by atoms with Crippen LogP contribution in [0.1, 0.15) is 12.5 Å². The molecule has 7 nitrogen and oxygen atoms in total. The number of ether oxygens (including phenoxy) is 1. The van der Waals surface area contributed by atoms with Gasteiger partial charge in [0.1, 0.15) is 6.61 Å². The van der Waals surface area contributed by atoms with E-state index in [1.165, 1.54) is 7.05 Å². The SMILES string of the molecule is C[C@H](NC(=O)OCc1ccccc1)[C@H](O)CN(C)S(C)(=O)=O. The first kappa shape index (κ1) is 18.4. The molecule has 1 aromatic carbocycles. The number of hydrogen-bond donors (Lipinski definition) is 2. The molecule has 22 heavy (non-hydrogen) atoms. The minimum Gasteiger partial charge on any atom is -0.445 e. The third kappa shape index (κ3) is 6.42. The molecule has 0 saturated heterocycles. The Bertz CT molecular complexity index is 576. The number of aliphatic hydroxyl groups excluding tert-OH is 1. The van der Waals surface area contributed by atoms with E-state index in [1.54, 1.807) is 6.92 Å². The van der Waals surface area contributed by atoms with Crippen LogP contribution in [-0.4, -0.2) is 55.9 Å². The van der Waals surface area contributed by atoms with Gasteiger partial charge in [-0.05, 0) is 12.5 Å². The van der Waals surface area contributed by atoms with E-state index in [-0.39, 0.29) is 13.2 Å². The fourth-order valence-electron chi connectivity index (χ4n) is 1.60. The third-order valence-corrected chi connectivity index (χ3v) is 4.43. The van der Waals surface area contributed by atoms with Crippen LogP contribution in [0.2, 0.25) is 0 Å². The molecule has 0 saturated carbocycles. The molecule has 2 N–H and O–H groups in total. The molecule has 0 fully saturated rings. The van der Waals surface area contributed by atoms with Crippen molar-refractivity contribution in [3.8, 4) is 0 Å². The molecule has 8 heteroatoms. The van der Waals surface area contributed by atoms with Gasteiger partial charge in [-0.1, -0.05) is 30.3 Å². The topological polar surface area (TPSA) is 95.9 Å². The van der Waals surface area contributed by atoms with Gasteiger partial charge in [0.15, 0.2) is 0 Å². The molecular weight excluding hydrogens is 308 g/mol. The number of carbonyl (C=O) groups is 1. The molecule has 0 bridgehead atoms. The lowest BCUT2D eigenvalue weighted by atomic mass is 10.2. The van der Waals surface area contributed by atoms with Gasteiger partial charge in [0.25, 0.3) is 0 Å². The maximum atomic E-state index is 11.6. The molecule has 1 rings (SSSR count). The van der Waals surface area contributed by atoms with Crippen molar-refractivity contribution in [1.29, 1.82) is 0 Å². The maximum absolute atomic E-state index is 11.6. The summed E-state index contributed by atoms with van der Waals surface area (Å²) in [5, 5.41) is 12.4. The monoisotopic (exact) mass is 330 g/mol. The summed E-state index contributed by atoms with van der Waals surface area (Å²) in [6.07, 6.45) is -0.659. The molecule has 124 valence electrons. The Labute approximate surface area is 130 Å². The molecule has 0 aliphatic carbocycles. The lowest BCUT2D eigenvalue weighted by Gasteiger charge is -2.23. The summed E-state index contributed by atoms with van der Waals surface area (Å²) in [5.74, 6) is 0. The van der Waals surface area contributed by atoms with Gasteiger partial charge in [0, 0.05) is 13.6 Å². The number of sulfonamides is 1. The van der Waals surface area contributed by atoms with Crippen molar-refractivity contribution in [2.45, 2.75) is 25.7 Å². The van der Waals surface area contributed by atoms with Crippen molar-refractivity contribution in [2.24, 2.45) is 0 Å². The van der Waals surface area contributed by atoms with Gasteiger partial charge in [0.05, 0.1) is 18.4 Å². The Balaban J connectivity index is 2.40. The van der Waals surface area contributed by atoms with E-state index in [0.717, 1.165) is 16.1 Å². The van der Waals surface area contributed by atoms with Crippen LogP contribution >= 0.6 is 0 Å². The standard InChI is InChI=1S/C14H22N2O5S/c1-11(13(17)9-16(2)22(3,19)20)15-14(18)21-10-12-7-5-4-6-8-12/h4-8,11,13,17H,9-10H2,1-3H3,(H,15,18)/t11-,13+/m0/s1. The second-order valence-electron chi connectivity index (χ2n) is 5.11. The fraction of sp³-hybridized carbons (Fsp3) is 0.500. The summed E-state index contributed by atoms with van der Waals surface area (Å²) in [7, 11) is -2.02. The number of hydrogen-bond acceptors (Lipinski definition) is 5. The van der Waals surface area contributed by atoms with Crippen molar-refractivity contribution in [2.75, 3.05) is 19.8 Å². The van der Waals surface area contributed by atoms with Gasteiger partial charge in [-0.15, -0.1) is 0 Å². The number of benzene rings is 1. The third-order valence-electron chi connectivity index (χ3n) is 3.15. The van der Waals surface area contributed by atoms with E-state index in [9.17, 15) is 18.3 Å². The van der Waals surface area contributed by atoms with Gasteiger partial charge in [-0.3, -0.25) is 0 Å². The van der Waals surface area contributed by atoms with Gasteiger partial charge in [-0.25, -0.2) is 17.5 Å². The molecular formula is C14H22N2O5S. The first-order chi connectivity index (χ1) is 10.2. The summed E-state index contributed by atoms with van der Waals surface area (Å²) in [5.41, 5.74) is 0.850. The average Bonchev–Trinajstić information content (AvgIpc) is 2.45. The highest BCUT2D eigenvalue weighted by Gasteiger charge is 2.22. The predicted molar refractivity (Wildman–Crippen MR) is 82.7 cm³/mol. The quantitative estimate of drug-likeness (QED) is 0.761. The van der Waals surface area contributed by atoms with E-state index in [2.05, 4.69) is 5.32 Å². The molecule has 0 spiro atoms. The number of nitrogens with one attached hydrogen (secondary N) is 1. The Hall–Kier alpha value is -1.64. The van der Waals surface area contributed by atoms with E-state index in [1.807, 2.05) is 30.3 Å². The number of rotatable bonds is 7. The minimum atomic E-state index is -3.38. The van der Waals surface area contributed by atoms with Crippen LogP contribution in [0.25, 0.3) is 0 Å². The van der Waals surface area contributed by atoms with Crippen LogP contribution in [0.3, 0.4) is 0 Å². The maximum Gasteiger partial charge on any atom is 0.407 e. The van der Waals surface area contributed by atoms with Crippen LogP contribution < -0.4 is 5.32 Å². The molecule has 1 aromatic rings. The molecule has 0 heterocycles. The molecule has 0 aromatic heterocycles.